The van der Waals surface area contributed by atoms with Gasteiger partial charge < -0.3 is 10.6 Å². The average Bonchev–Trinajstić information content (AvgIpc) is 2.31. The molecule has 3 nitrogen and oxygen atoms in total. The summed E-state index contributed by atoms with van der Waals surface area (Å²) in [5.74, 6) is 0.876. The van der Waals surface area contributed by atoms with Crippen LogP contribution in [0.4, 0.5) is 0 Å². The summed E-state index contributed by atoms with van der Waals surface area (Å²) in [4.78, 5) is 4.37. The van der Waals surface area contributed by atoms with Crippen molar-refractivity contribution in [1.82, 2.24) is 10.6 Å². The Kier molecular flexibility index (Phi) is 5.40. The quantitative estimate of drug-likeness (QED) is 0.602. The van der Waals surface area contributed by atoms with Crippen LogP contribution < -0.4 is 10.6 Å². The smallest absolute Gasteiger partial charge is 0.191 e. The highest BCUT2D eigenvalue weighted by Gasteiger charge is 2.05. The van der Waals surface area contributed by atoms with Gasteiger partial charge in [-0.1, -0.05) is 30.3 Å². The highest BCUT2D eigenvalue weighted by Crippen LogP contribution is 2.10. The molecule has 0 saturated carbocycles. The number of rotatable bonds is 4. The fraction of sp³-hybridized carbons (Fsp3) is 0.462. The maximum absolute atomic E-state index is 4.37. The van der Waals surface area contributed by atoms with Gasteiger partial charge in [0.05, 0.1) is 6.04 Å². The fourth-order valence-corrected chi connectivity index (χ4v) is 1.51. The lowest BCUT2D eigenvalue weighted by atomic mass is 10.1. The van der Waals surface area contributed by atoms with Crippen molar-refractivity contribution in [3.8, 4) is 0 Å². The van der Waals surface area contributed by atoms with E-state index in [2.05, 4.69) is 53.7 Å². The van der Waals surface area contributed by atoms with Gasteiger partial charge in [-0.3, -0.25) is 4.99 Å². The molecule has 0 fully saturated rings. The Morgan fingerprint density at radius 1 is 1.25 bits per heavy atom. The lowest BCUT2D eigenvalue weighted by Crippen LogP contribution is -2.38. The van der Waals surface area contributed by atoms with Gasteiger partial charge in [0.2, 0.25) is 0 Å². The largest absolute Gasteiger partial charge is 0.357 e. The van der Waals surface area contributed by atoms with Crippen molar-refractivity contribution >= 4 is 5.96 Å². The van der Waals surface area contributed by atoms with Crippen LogP contribution in [0.1, 0.15) is 32.4 Å². The van der Waals surface area contributed by atoms with E-state index in [-0.39, 0.29) is 6.04 Å². The van der Waals surface area contributed by atoms with Crippen LogP contribution in [-0.4, -0.2) is 19.0 Å². The van der Waals surface area contributed by atoms with Crippen molar-refractivity contribution in [3.63, 3.8) is 0 Å². The van der Waals surface area contributed by atoms with Crippen molar-refractivity contribution in [2.45, 2.75) is 26.8 Å². The van der Waals surface area contributed by atoms with Crippen LogP contribution in [0.5, 0.6) is 0 Å². The first-order valence-electron chi connectivity index (χ1n) is 5.87. The lowest BCUT2D eigenvalue weighted by molar-refractivity contribution is 0.688. The Labute approximate surface area is 98.0 Å². The zero-order valence-corrected chi connectivity index (χ0v) is 10.3. The molecule has 0 radical (unpaired) electrons. The van der Waals surface area contributed by atoms with E-state index in [0.29, 0.717) is 0 Å². The maximum Gasteiger partial charge on any atom is 0.191 e. The summed E-state index contributed by atoms with van der Waals surface area (Å²) in [6.45, 7) is 7.91. The van der Waals surface area contributed by atoms with Crippen molar-refractivity contribution in [2.75, 3.05) is 13.1 Å². The summed E-state index contributed by atoms with van der Waals surface area (Å²) < 4.78 is 0. The van der Waals surface area contributed by atoms with Crippen LogP contribution in [0.3, 0.4) is 0 Å². The summed E-state index contributed by atoms with van der Waals surface area (Å²) >= 11 is 0. The minimum atomic E-state index is 0.269. The first-order chi connectivity index (χ1) is 7.77. The van der Waals surface area contributed by atoms with E-state index in [1.165, 1.54) is 5.56 Å². The number of guanidine groups is 1. The van der Waals surface area contributed by atoms with Crippen LogP contribution in [0, 0.1) is 0 Å². The van der Waals surface area contributed by atoms with Crippen molar-refractivity contribution in [3.05, 3.63) is 35.9 Å². The third-order valence-electron chi connectivity index (χ3n) is 2.31. The predicted octanol–water partition coefficient (Wildman–Crippen LogP) is 2.32. The Balaban J connectivity index is 2.61. The molecule has 1 unspecified atom stereocenters. The SMILES string of the molecule is CCN=C(NCC)NC(C)c1ccccc1. The van der Waals surface area contributed by atoms with Gasteiger partial charge in [-0.05, 0) is 26.3 Å². The zero-order chi connectivity index (χ0) is 11.8. The standard InChI is InChI=1S/C13H21N3/c1-4-14-13(15-5-2)16-11(3)12-9-7-6-8-10-12/h6-11H,4-5H2,1-3H3,(H2,14,15,16). The van der Waals surface area contributed by atoms with Crippen molar-refractivity contribution < 1.29 is 0 Å². The van der Waals surface area contributed by atoms with E-state index >= 15 is 0 Å². The fourth-order valence-electron chi connectivity index (χ4n) is 1.51. The first-order valence-corrected chi connectivity index (χ1v) is 5.87. The van der Waals surface area contributed by atoms with E-state index < -0.39 is 0 Å². The van der Waals surface area contributed by atoms with Gasteiger partial charge in [-0.25, -0.2) is 0 Å². The molecular formula is C13H21N3. The van der Waals surface area contributed by atoms with Gasteiger partial charge in [-0.15, -0.1) is 0 Å². The number of aliphatic imine (C=N–C) groups is 1. The third kappa shape index (κ3) is 3.93. The Morgan fingerprint density at radius 2 is 1.94 bits per heavy atom. The topological polar surface area (TPSA) is 36.4 Å². The second kappa shape index (κ2) is 6.88. The Hall–Kier alpha value is -1.51. The Morgan fingerprint density at radius 3 is 2.50 bits per heavy atom. The molecule has 0 saturated heterocycles. The number of hydrogen-bond donors (Lipinski definition) is 2. The van der Waals surface area contributed by atoms with Gasteiger partial charge in [0.15, 0.2) is 5.96 Å². The molecule has 1 aromatic carbocycles. The van der Waals surface area contributed by atoms with E-state index in [0.717, 1.165) is 19.0 Å². The molecule has 0 aliphatic carbocycles. The number of nitrogens with zero attached hydrogens (tertiary/aromatic N) is 1. The van der Waals surface area contributed by atoms with Crippen molar-refractivity contribution in [1.29, 1.82) is 0 Å². The van der Waals surface area contributed by atoms with Crippen LogP contribution in [0.25, 0.3) is 0 Å². The molecule has 1 aromatic rings. The molecular weight excluding hydrogens is 198 g/mol. The first kappa shape index (κ1) is 12.6. The zero-order valence-electron chi connectivity index (χ0n) is 10.3. The Bertz CT molecular complexity index is 319. The number of hydrogen-bond acceptors (Lipinski definition) is 1. The van der Waals surface area contributed by atoms with E-state index in [1.807, 2.05) is 13.0 Å². The second-order valence-electron chi connectivity index (χ2n) is 3.63. The van der Waals surface area contributed by atoms with Crippen LogP contribution in [0.2, 0.25) is 0 Å². The molecule has 0 aromatic heterocycles. The second-order valence-corrected chi connectivity index (χ2v) is 3.63. The summed E-state index contributed by atoms with van der Waals surface area (Å²) in [6.07, 6.45) is 0. The molecule has 0 amide bonds. The molecule has 0 heterocycles. The van der Waals surface area contributed by atoms with Crippen LogP contribution >= 0.6 is 0 Å². The maximum atomic E-state index is 4.37. The molecule has 1 rings (SSSR count). The lowest BCUT2D eigenvalue weighted by Gasteiger charge is -2.17. The van der Waals surface area contributed by atoms with Crippen molar-refractivity contribution in [2.24, 2.45) is 4.99 Å². The summed E-state index contributed by atoms with van der Waals surface area (Å²) in [5, 5.41) is 6.60. The molecule has 0 spiro atoms. The van der Waals surface area contributed by atoms with Gasteiger partial charge in [0, 0.05) is 13.1 Å². The third-order valence-corrected chi connectivity index (χ3v) is 2.31. The molecule has 1 atom stereocenters. The summed E-state index contributed by atoms with van der Waals surface area (Å²) in [6, 6.07) is 10.6. The predicted molar refractivity (Wildman–Crippen MR) is 69.6 cm³/mol. The minimum absolute atomic E-state index is 0.269. The highest BCUT2D eigenvalue weighted by molar-refractivity contribution is 5.80. The van der Waals surface area contributed by atoms with Gasteiger partial charge in [-0.2, -0.15) is 0 Å². The van der Waals surface area contributed by atoms with E-state index in [1.54, 1.807) is 0 Å². The van der Waals surface area contributed by atoms with E-state index in [9.17, 15) is 0 Å². The van der Waals surface area contributed by atoms with Gasteiger partial charge in [0.1, 0.15) is 0 Å². The molecule has 3 heteroatoms. The summed E-state index contributed by atoms with van der Waals surface area (Å²) in [5.41, 5.74) is 1.27. The average molecular weight is 219 g/mol. The summed E-state index contributed by atoms with van der Waals surface area (Å²) in [7, 11) is 0. The molecule has 16 heavy (non-hydrogen) atoms. The number of benzene rings is 1. The minimum Gasteiger partial charge on any atom is -0.357 e. The normalized spacial score (nSPS) is 13.3. The molecule has 88 valence electrons. The van der Waals surface area contributed by atoms with Gasteiger partial charge >= 0.3 is 0 Å². The molecule has 0 bridgehead atoms. The molecule has 0 aliphatic heterocycles. The monoisotopic (exact) mass is 219 g/mol. The van der Waals surface area contributed by atoms with Crippen LogP contribution in [-0.2, 0) is 0 Å². The molecule has 2 N–H and O–H groups in total. The molecule has 0 aliphatic rings. The van der Waals surface area contributed by atoms with E-state index in [4.69, 9.17) is 0 Å². The highest BCUT2D eigenvalue weighted by atomic mass is 15.2. The van der Waals surface area contributed by atoms with Crippen LogP contribution in [0.15, 0.2) is 35.3 Å². The number of nitrogens with one attached hydrogen (secondary N) is 2. The van der Waals surface area contributed by atoms with Gasteiger partial charge in [0.25, 0.3) is 0 Å².